The molecular weight excluding hydrogens is 426 g/mol. The zero-order chi connectivity index (χ0) is 22.5. The van der Waals surface area contributed by atoms with Gasteiger partial charge in [-0.15, -0.1) is 0 Å². The molecular formula is C26H20ClNO4. The van der Waals surface area contributed by atoms with Gasteiger partial charge in [-0.2, -0.15) is 0 Å². The summed E-state index contributed by atoms with van der Waals surface area (Å²) >= 11 is 6.01. The van der Waals surface area contributed by atoms with Gasteiger partial charge in [0.2, 0.25) is 5.91 Å². The standard InChI is InChI=1S/C26H20ClNO4/c1-2-25(22(29)16-12-14-17(27)15-13-16)21-19-10-6-7-11-20(19)32-24(31)26(21,25)23(30)28-18-8-4-3-5-9-18/h3-15,21H,2H2,1H3,(H,28,30)/t21-,25-,26+/m1/s1. The van der Waals surface area contributed by atoms with E-state index in [2.05, 4.69) is 5.32 Å². The van der Waals surface area contributed by atoms with Gasteiger partial charge in [-0.25, -0.2) is 0 Å². The van der Waals surface area contributed by atoms with Crippen LogP contribution in [0.1, 0.15) is 35.2 Å². The second kappa shape index (κ2) is 7.31. The number of esters is 1. The molecule has 3 aromatic carbocycles. The molecule has 6 heteroatoms. The Bertz CT molecular complexity index is 1240. The maximum atomic E-state index is 13.9. The van der Waals surface area contributed by atoms with Crippen molar-refractivity contribution >= 4 is 34.9 Å². The van der Waals surface area contributed by atoms with Gasteiger partial charge in [-0.05, 0) is 48.9 Å². The molecule has 1 heterocycles. The zero-order valence-corrected chi connectivity index (χ0v) is 18.1. The Balaban J connectivity index is 1.67. The van der Waals surface area contributed by atoms with Gasteiger partial charge < -0.3 is 10.1 Å². The first kappa shape index (κ1) is 20.5. The normalized spacial score (nSPS) is 25.2. The lowest BCUT2D eigenvalue weighted by Gasteiger charge is -2.23. The van der Waals surface area contributed by atoms with E-state index in [4.69, 9.17) is 16.3 Å². The molecule has 1 aliphatic carbocycles. The molecule has 0 radical (unpaired) electrons. The van der Waals surface area contributed by atoms with Crippen molar-refractivity contribution in [2.24, 2.45) is 10.8 Å². The first-order valence-electron chi connectivity index (χ1n) is 10.4. The van der Waals surface area contributed by atoms with E-state index in [1.807, 2.05) is 25.1 Å². The van der Waals surface area contributed by atoms with E-state index < -0.39 is 28.6 Å². The number of carbonyl (C=O) groups excluding carboxylic acids is 3. The lowest BCUT2D eigenvalue weighted by atomic mass is 9.82. The van der Waals surface area contributed by atoms with Gasteiger partial charge in [0.1, 0.15) is 5.75 Å². The van der Waals surface area contributed by atoms with Crippen molar-refractivity contribution in [1.82, 2.24) is 0 Å². The highest BCUT2D eigenvalue weighted by Gasteiger charge is 2.89. The number of benzene rings is 3. The highest BCUT2D eigenvalue weighted by atomic mass is 35.5. The molecule has 0 bridgehead atoms. The van der Waals surface area contributed by atoms with Crippen molar-refractivity contribution in [1.29, 1.82) is 0 Å². The van der Waals surface area contributed by atoms with Crippen LogP contribution in [0.15, 0.2) is 78.9 Å². The van der Waals surface area contributed by atoms with Crippen LogP contribution >= 0.6 is 11.6 Å². The van der Waals surface area contributed by atoms with Gasteiger partial charge in [0.25, 0.3) is 0 Å². The van der Waals surface area contributed by atoms with Crippen molar-refractivity contribution in [2.75, 3.05) is 5.32 Å². The molecule has 0 aromatic heterocycles. The van der Waals surface area contributed by atoms with Gasteiger partial charge in [-0.3, -0.25) is 14.4 Å². The maximum absolute atomic E-state index is 13.9. The number of hydrogen-bond acceptors (Lipinski definition) is 4. The SMILES string of the molecule is CC[C@]1(C(=O)c2ccc(Cl)cc2)[C@H]2c3ccccc3OC(=O)[C@@]21C(=O)Nc1ccccc1. The number of ether oxygens (including phenoxy) is 1. The number of hydrogen-bond donors (Lipinski definition) is 1. The van der Waals surface area contributed by atoms with Crippen molar-refractivity contribution in [3.63, 3.8) is 0 Å². The predicted octanol–water partition coefficient (Wildman–Crippen LogP) is 5.26. The summed E-state index contributed by atoms with van der Waals surface area (Å²) in [6.07, 6.45) is 0.296. The summed E-state index contributed by atoms with van der Waals surface area (Å²) in [6.45, 7) is 1.83. The van der Waals surface area contributed by atoms with Crippen LogP contribution < -0.4 is 10.1 Å². The Kier molecular flexibility index (Phi) is 4.68. The monoisotopic (exact) mass is 445 g/mol. The Morgan fingerprint density at radius 2 is 1.62 bits per heavy atom. The van der Waals surface area contributed by atoms with E-state index >= 15 is 0 Å². The Morgan fingerprint density at radius 3 is 2.31 bits per heavy atom. The summed E-state index contributed by atoms with van der Waals surface area (Å²) in [5.74, 6) is -1.72. The number of anilines is 1. The first-order valence-corrected chi connectivity index (χ1v) is 10.8. The largest absolute Gasteiger partial charge is 0.425 e. The summed E-state index contributed by atoms with van der Waals surface area (Å²) < 4.78 is 5.64. The highest BCUT2D eigenvalue weighted by Crippen LogP contribution is 2.80. The summed E-state index contributed by atoms with van der Waals surface area (Å²) in [6, 6.07) is 22.5. The molecule has 3 atom stereocenters. The van der Waals surface area contributed by atoms with Gasteiger partial charge in [0.05, 0.1) is 5.41 Å². The molecule has 5 rings (SSSR count). The maximum Gasteiger partial charge on any atom is 0.328 e. The number of Topliss-reactive ketones (excluding diaryl/α,β-unsaturated/α-hetero) is 1. The molecule has 1 fully saturated rings. The van der Waals surface area contributed by atoms with E-state index in [0.717, 1.165) is 0 Å². The molecule has 0 unspecified atom stereocenters. The van der Waals surface area contributed by atoms with Gasteiger partial charge >= 0.3 is 5.97 Å². The number of carbonyl (C=O) groups is 3. The molecule has 1 N–H and O–H groups in total. The van der Waals surface area contributed by atoms with Crippen LogP contribution in [-0.2, 0) is 9.59 Å². The van der Waals surface area contributed by atoms with Gasteiger partial charge in [0, 0.05) is 27.8 Å². The number of nitrogens with one attached hydrogen (secondary N) is 1. The second-order valence-electron chi connectivity index (χ2n) is 8.15. The lowest BCUT2D eigenvalue weighted by molar-refractivity contribution is -0.147. The fourth-order valence-electron chi connectivity index (χ4n) is 5.32. The van der Waals surface area contributed by atoms with Crippen LogP contribution in [0.25, 0.3) is 0 Å². The third-order valence-corrected chi connectivity index (χ3v) is 7.01. The Hall–Kier alpha value is -3.44. The number of para-hydroxylation sites is 2. The van der Waals surface area contributed by atoms with Crippen molar-refractivity contribution in [3.8, 4) is 5.75 Å². The number of fused-ring (bicyclic) bond motifs is 3. The molecule has 3 aromatic rings. The van der Waals surface area contributed by atoms with Crippen LogP contribution in [0.4, 0.5) is 5.69 Å². The van der Waals surface area contributed by atoms with E-state index in [9.17, 15) is 14.4 Å². The summed E-state index contributed by atoms with van der Waals surface area (Å²) in [4.78, 5) is 41.1. The van der Waals surface area contributed by atoms with Crippen LogP contribution in [0.5, 0.6) is 5.75 Å². The first-order chi connectivity index (χ1) is 15.5. The second-order valence-corrected chi connectivity index (χ2v) is 8.59. The predicted molar refractivity (Wildman–Crippen MR) is 121 cm³/mol. The number of amides is 1. The smallest absolute Gasteiger partial charge is 0.328 e. The summed E-state index contributed by atoms with van der Waals surface area (Å²) in [5, 5.41) is 3.35. The molecule has 2 aliphatic rings. The quantitative estimate of drug-likeness (QED) is 0.251. The Labute approximate surface area is 190 Å². The van der Waals surface area contributed by atoms with Crippen molar-refractivity contribution < 1.29 is 19.1 Å². The topological polar surface area (TPSA) is 72.5 Å². The van der Waals surface area contributed by atoms with Crippen molar-refractivity contribution in [3.05, 3.63) is 95.0 Å². The van der Waals surface area contributed by atoms with Crippen LogP contribution in [0.2, 0.25) is 5.02 Å². The molecule has 1 saturated carbocycles. The van der Waals surface area contributed by atoms with Crippen LogP contribution in [-0.4, -0.2) is 17.7 Å². The van der Waals surface area contributed by atoms with Crippen LogP contribution in [0.3, 0.4) is 0 Å². The third kappa shape index (κ3) is 2.61. The average Bonchev–Trinajstić information content (AvgIpc) is 3.47. The number of halogens is 1. The number of rotatable bonds is 5. The fourth-order valence-corrected chi connectivity index (χ4v) is 5.44. The minimum absolute atomic E-state index is 0.265. The van der Waals surface area contributed by atoms with E-state index in [0.29, 0.717) is 34.0 Å². The molecule has 1 amide bonds. The third-order valence-electron chi connectivity index (χ3n) is 6.76. The minimum Gasteiger partial charge on any atom is -0.425 e. The molecule has 5 nitrogen and oxygen atoms in total. The van der Waals surface area contributed by atoms with E-state index in [1.54, 1.807) is 60.7 Å². The molecule has 0 spiro atoms. The highest BCUT2D eigenvalue weighted by molar-refractivity contribution is 6.30. The lowest BCUT2D eigenvalue weighted by Crippen LogP contribution is -2.42. The zero-order valence-electron chi connectivity index (χ0n) is 17.3. The molecule has 0 saturated heterocycles. The van der Waals surface area contributed by atoms with Gasteiger partial charge in [0.15, 0.2) is 11.2 Å². The summed E-state index contributed by atoms with van der Waals surface area (Å²) in [5.41, 5.74) is -1.26. The van der Waals surface area contributed by atoms with E-state index in [1.165, 1.54) is 0 Å². The van der Waals surface area contributed by atoms with E-state index in [-0.39, 0.29) is 5.78 Å². The fraction of sp³-hybridized carbons (Fsp3) is 0.192. The molecule has 1 aliphatic heterocycles. The summed E-state index contributed by atoms with van der Waals surface area (Å²) in [7, 11) is 0. The van der Waals surface area contributed by atoms with Gasteiger partial charge in [-0.1, -0.05) is 54.9 Å². The molecule has 160 valence electrons. The number of ketones is 1. The average molecular weight is 446 g/mol. The molecule has 32 heavy (non-hydrogen) atoms. The van der Waals surface area contributed by atoms with Crippen molar-refractivity contribution in [2.45, 2.75) is 19.3 Å². The minimum atomic E-state index is -1.65. The Morgan fingerprint density at radius 1 is 0.969 bits per heavy atom. The van der Waals surface area contributed by atoms with Crippen LogP contribution in [0, 0.1) is 10.8 Å².